The number of hydrogen-bond donors (Lipinski definition) is 0. The van der Waals surface area contributed by atoms with E-state index in [1.807, 2.05) is 0 Å². The third-order valence-corrected chi connectivity index (χ3v) is 12.6. The Labute approximate surface area is 362 Å². The van der Waals surface area contributed by atoms with Crippen LogP contribution in [0, 0.1) is 0 Å². The monoisotopic (exact) mass is 788 g/mol. The largest absolute Gasteiger partial charge is 0.309 e. The Hall–Kier alpha value is -8.20. The number of nitrogens with zero attached hydrogens (tertiary/aromatic N) is 2. The maximum absolute atomic E-state index is 2.44. The van der Waals surface area contributed by atoms with E-state index in [0.29, 0.717) is 0 Å². The van der Waals surface area contributed by atoms with Crippen molar-refractivity contribution in [3.63, 3.8) is 0 Å². The van der Waals surface area contributed by atoms with E-state index >= 15 is 0 Å². The molecule has 62 heavy (non-hydrogen) atoms. The van der Waals surface area contributed by atoms with Crippen LogP contribution >= 0.6 is 0 Å². The van der Waals surface area contributed by atoms with Crippen molar-refractivity contribution in [1.29, 1.82) is 0 Å². The summed E-state index contributed by atoms with van der Waals surface area (Å²) in [5, 5.41) is 0. The van der Waals surface area contributed by atoms with Crippen LogP contribution in [-0.2, 0) is 0 Å². The third-order valence-electron chi connectivity index (χ3n) is 12.6. The summed E-state index contributed by atoms with van der Waals surface area (Å²) < 4.78 is 0. The molecule has 12 rings (SSSR count). The lowest BCUT2D eigenvalue weighted by molar-refractivity contribution is 1.29. The van der Waals surface area contributed by atoms with Gasteiger partial charge in [-0.05, 0) is 116 Å². The van der Waals surface area contributed by atoms with Gasteiger partial charge in [-0.25, -0.2) is 0 Å². The van der Waals surface area contributed by atoms with E-state index in [1.165, 1.54) is 83.6 Å². The maximum atomic E-state index is 2.44. The molecular formula is C60H40N2. The molecule has 10 aromatic rings. The Morgan fingerprint density at radius 1 is 0.177 bits per heavy atom. The van der Waals surface area contributed by atoms with Gasteiger partial charge in [-0.15, -0.1) is 0 Å². The summed E-state index contributed by atoms with van der Waals surface area (Å²) >= 11 is 0. The van der Waals surface area contributed by atoms with Crippen LogP contribution in [0.2, 0.25) is 0 Å². The van der Waals surface area contributed by atoms with Crippen LogP contribution < -0.4 is 9.80 Å². The van der Waals surface area contributed by atoms with Crippen LogP contribution in [0.4, 0.5) is 34.1 Å². The van der Waals surface area contributed by atoms with E-state index in [4.69, 9.17) is 0 Å². The van der Waals surface area contributed by atoms with Crippen molar-refractivity contribution in [2.45, 2.75) is 0 Å². The van der Waals surface area contributed by atoms with Crippen molar-refractivity contribution >= 4 is 34.1 Å². The Morgan fingerprint density at radius 2 is 0.468 bits per heavy atom. The van der Waals surface area contributed by atoms with Gasteiger partial charge in [0.2, 0.25) is 0 Å². The Morgan fingerprint density at radius 3 is 0.919 bits per heavy atom. The average Bonchev–Trinajstić information content (AvgIpc) is 3.56. The van der Waals surface area contributed by atoms with Crippen molar-refractivity contribution in [3.8, 4) is 77.9 Å². The van der Waals surface area contributed by atoms with Crippen molar-refractivity contribution < 1.29 is 0 Å². The minimum Gasteiger partial charge on any atom is -0.309 e. The van der Waals surface area contributed by atoms with Gasteiger partial charge in [0.05, 0.1) is 22.7 Å². The van der Waals surface area contributed by atoms with E-state index in [0.717, 1.165) is 28.4 Å². The van der Waals surface area contributed by atoms with Gasteiger partial charge in [-0.1, -0.05) is 182 Å². The van der Waals surface area contributed by atoms with Gasteiger partial charge in [0.1, 0.15) is 0 Å². The number of para-hydroxylation sites is 3. The summed E-state index contributed by atoms with van der Waals surface area (Å²) in [7, 11) is 0. The molecule has 2 nitrogen and oxygen atoms in total. The van der Waals surface area contributed by atoms with Gasteiger partial charge in [0, 0.05) is 33.6 Å². The fourth-order valence-corrected chi connectivity index (χ4v) is 9.63. The zero-order valence-corrected chi connectivity index (χ0v) is 34.0. The lowest BCUT2D eigenvalue weighted by Crippen LogP contribution is -2.11. The Bertz CT molecular complexity index is 3280. The Kier molecular flexibility index (Phi) is 8.53. The molecule has 0 N–H and O–H groups in total. The first-order chi connectivity index (χ1) is 30.8. The molecule has 2 heteroatoms. The zero-order valence-electron chi connectivity index (χ0n) is 34.0. The van der Waals surface area contributed by atoms with Gasteiger partial charge < -0.3 is 9.80 Å². The van der Waals surface area contributed by atoms with E-state index in [9.17, 15) is 0 Å². The second-order valence-corrected chi connectivity index (χ2v) is 16.1. The van der Waals surface area contributed by atoms with Gasteiger partial charge in [-0.3, -0.25) is 0 Å². The van der Waals surface area contributed by atoms with Crippen molar-refractivity contribution in [1.82, 2.24) is 0 Å². The molecule has 0 saturated carbocycles. The minimum atomic E-state index is 1.12. The van der Waals surface area contributed by atoms with Crippen LogP contribution in [0.25, 0.3) is 77.9 Å². The summed E-state index contributed by atoms with van der Waals surface area (Å²) in [4.78, 5) is 4.86. The fourth-order valence-electron chi connectivity index (χ4n) is 9.63. The number of fused-ring (bicyclic) bond motifs is 10. The molecule has 0 fully saturated rings. The van der Waals surface area contributed by atoms with Crippen LogP contribution in [0.5, 0.6) is 0 Å². The molecule has 0 spiro atoms. The van der Waals surface area contributed by atoms with Crippen LogP contribution in [0.1, 0.15) is 0 Å². The zero-order chi connectivity index (χ0) is 41.0. The smallest absolute Gasteiger partial charge is 0.0540 e. The first kappa shape index (κ1) is 35.7. The number of benzene rings is 10. The summed E-state index contributed by atoms with van der Waals surface area (Å²) in [6.45, 7) is 0. The van der Waals surface area contributed by atoms with E-state index in [1.54, 1.807) is 0 Å². The molecule has 0 saturated heterocycles. The summed E-state index contributed by atoms with van der Waals surface area (Å²) in [6.07, 6.45) is 0. The van der Waals surface area contributed by atoms with Gasteiger partial charge >= 0.3 is 0 Å². The molecule has 0 unspecified atom stereocenters. The topological polar surface area (TPSA) is 6.48 Å². The summed E-state index contributed by atoms with van der Waals surface area (Å²) in [5.74, 6) is 0. The predicted octanol–water partition coefficient (Wildman–Crippen LogP) is 16.9. The number of anilines is 6. The van der Waals surface area contributed by atoms with Gasteiger partial charge in [-0.2, -0.15) is 0 Å². The van der Waals surface area contributed by atoms with Crippen molar-refractivity contribution in [2.24, 2.45) is 0 Å². The van der Waals surface area contributed by atoms with E-state index in [-0.39, 0.29) is 0 Å². The summed E-state index contributed by atoms with van der Waals surface area (Å²) in [6, 6.07) is 88.6. The number of hydrogen-bond acceptors (Lipinski definition) is 2. The fraction of sp³-hybridized carbons (Fsp3) is 0. The molecule has 0 bridgehead atoms. The van der Waals surface area contributed by atoms with E-state index < -0.39 is 0 Å². The molecule has 0 atom stereocenters. The average molecular weight is 789 g/mol. The molecule has 10 aromatic carbocycles. The standard InChI is InChI=1S/C60H40N2/c1-3-15-41(16-4-1)42-27-29-43(30-28-42)44-31-35-48(36-32-44)62-58-26-14-12-24-54(58)50-20-8-10-22-52(50)56-40-46(34-38-60(56)62)45-33-37-59-55(39-45)51-21-9-7-19-49(51)53-23-11-13-25-57(53)61(59)47-17-5-2-6-18-47/h1-40H. The first-order valence-corrected chi connectivity index (χ1v) is 21.3. The van der Waals surface area contributed by atoms with Gasteiger partial charge in [0.25, 0.3) is 0 Å². The minimum absolute atomic E-state index is 1.12. The molecule has 0 aromatic heterocycles. The predicted molar refractivity (Wildman–Crippen MR) is 261 cm³/mol. The lowest BCUT2D eigenvalue weighted by atomic mass is 9.90. The van der Waals surface area contributed by atoms with Gasteiger partial charge in [0.15, 0.2) is 0 Å². The maximum Gasteiger partial charge on any atom is 0.0540 e. The summed E-state index contributed by atoms with van der Waals surface area (Å²) in [5.41, 5.74) is 23.8. The molecule has 290 valence electrons. The molecule has 2 aliphatic rings. The lowest BCUT2D eigenvalue weighted by Gasteiger charge is -2.28. The Balaban J connectivity index is 0.993. The normalized spacial score (nSPS) is 12.1. The second kappa shape index (κ2) is 14.8. The molecule has 0 aliphatic carbocycles. The third kappa shape index (κ3) is 5.96. The van der Waals surface area contributed by atoms with Crippen LogP contribution in [0.3, 0.4) is 0 Å². The van der Waals surface area contributed by atoms with Crippen LogP contribution in [-0.4, -0.2) is 0 Å². The quantitative estimate of drug-likeness (QED) is 0.171. The van der Waals surface area contributed by atoms with E-state index in [2.05, 4.69) is 252 Å². The van der Waals surface area contributed by atoms with Crippen molar-refractivity contribution in [2.75, 3.05) is 9.80 Å². The molecule has 2 heterocycles. The first-order valence-electron chi connectivity index (χ1n) is 21.3. The molecular weight excluding hydrogens is 749 g/mol. The van der Waals surface area contributed by atoms with Crippen molar-refractivity contribution in [3.05, 3.63) is 243 Å². The van der Waals surface area contributed by atoms with Crippen LogP contribution in [0.15, 0.2) is 243 Å². The SMILES string of the molecule is c1ccc(-c2ccc(-c3ccc(N4c5ccccc5-c5ccccc5-c5cc(-c6ccc7c(c6)-c6ccccc6-c6ccccc6N7c6ccccc6)ccc54)cc3)cc2)cc1. The second-order valence-electron chi connectivity index (χ2n) is 16.1. The number of rotatable bonds is 5. The highest BCUT2D eigenvalue weighted by Crippen LogP contribution is 2.54. The molecule has 0 radical (unpaired) electrons. The highest BCUT2D eigenvalue weighted by Gasteiger charge is 2.28. The molecule has 0 amide bonds. The highest BCUT2D eigenvalue weighted by molar-refractivity contribution is 6.05. The molecule has 2 aliphatic heterocycles. The highest BCUT2D eigenvalue weighted by atomic mass is 15.2.